The zero-order valence-electron chi connectivity index (χ0n) is 17.5. The summed E-state index contributed by atoms with van der Waals surface area (Å²) in [6.07, 6.45) is 7.50. The number of carbonyl (C=O) groups is 1. The van der Waals surface area contributed by atoms with Gasteiger partial charge in [-0.3, -0.25) is 4.79 Å². The van der Waals surface area contributed by atoms with Crippen LogP contribution in [0.1, 0.15) is 41.6 Å². The Kier molecular flexibility index (Phi) is 5.49. The fourth-order valence-electron chi connectivity index (χ4n) is 4.47. The highest BCUT2D eigenvalue weighted by Crippen LogP contribution is 2.27. The van der Waals surface area contributed by atoms with Crippen LogP contribution in [-0.4, -0.2) is 32.7 Å². The summed E-state index contributed by atoms with van der Waals surface area (Å²) in [6, 6.07) is 12.4. The number of aliphatic hydroxyl groups is 1. The molecule has 1 aliphatic rings. The predicted octanol–water partition coefficient (Wildman–Crippen LogP) is 4.52. The monoisotopic (exact) mass is 433 g/mol. The second kappa shape index (κ2) is 8.59. The number of nitrogens with one attached hydrogen (secondary N) is 1. The molecule has 2 N–H and O–H groups in total. The van der Waals surface area contributed by atoms with Crippen LogP contribution >= 0.6 is 0 Å². The van der Waals surface area contributed by atoms with Gasteiger partial charge in [-0.1, -0.05) is 43.2 Å². The van der Waals surface area contributed by atoms with Crippen LogP contribution in [0.25, 0.3) is 22.2 Å². The number of oxazole rings is 1. The quantitative estimate of drug-likeness (QED) is 0.485. The number of rotatable bonds is 5. The smallest absolute Gasteiger partial charge is 0.253 e. The summed E-state index contributed by atoms with van der Waals surface area (Å²) in [7, 11) is 0. The Balaban J connectivity index is 1.44. The van der Waals surface area contributed by atoms with Gasteiger partial charge in [0, 0.05) is 23.7 Å². The molecule has 0 radical (unpaired) electrons. The Hall–Kier alpha value is -3.45. The third-order valence-corrected chi connectivity index (χ3v) is 6.17. The number of fused-ring (bicyclic) bond motifs is 1. The first-order chi connectivity index (χ1) is 15.6. The van der Waals surface area contributed by atoms with Gasteiger partial charge in [0.2, 0.25) is 0 Å². The van der Waals surface area contributed by atoms with Crippen molar-refractivity contribution in [3.63, 3.8) is 0 Å². The number of nitrogens with zero attached hydrogens (tertiary/aromatic N) is 2. The summed E-state index contributed by atoms with van der Waals surface area (Å²) in [5.74, 6) is -0.101. The minimum absolute atomic E-state index is 0.286. The SMILES string of the molecule is O=C(NC1CCCCC1O)c1cn(Cc2ccc(-c3cnco3)cc2)c2cccc(F)c12. The average molecular weight is 433 g/mol. The lowest BCUT2D eigenvalue weighted by Gasteiger charge is -2.28. The van der Waals surface area contributed by atoms with Crippen molar-refractivity contribution in [1.82, 2.24) is 14.9 Å². The van der Waals surface area contributed by atoms with Crippen LogP contribution in [-0.2, 0) is 6.54 Å². The third kappa shape index (κ3) is 3.91. The molecule has 2 heterocycles. The number of aliphatic hydroxyl groups excluding tert-OH is 1. The van der Waals surface area contributed by atoms with Gasteiger partial charge >= 0.3 is 0 Å². The van der Waals surface area contributed by atoms with Gasteiger partial charge in [-0.15, -0.1) is 0 Å². The Morgan fingerprint density at radius 2 is 2.00 bits per heavy atom. The van der Waals surface area contributed by atoms with E-state index in [1.54, 1.807) is 18.5 Å². The summed E-state index contributed by atoms with van der Waals surface area (Å²) in [5.41, 5.74) is 2.86. The topological polar surface area (TPSA) is 80.3 Å². The summed E-state index contributed by atoms with van der Waals surface area (Å²) >= 11 is 0. The van der Waals surface area contributed by atoms with Gasteiger partial charge < -0.3 is 19.4 Å². The molecule has 1 fully saturated rings. The Bertz CT molecular complexity index is 1230. The highest BCUT2D eigenvalue weighted by Gasteiger charge is 2.27. The van der Waals surface area contributed by atoms with Crippen molar-refractivity contribution in [2.75, 3.05) is 0 Å². The van der Waals surface area contributed by atoms with Crippen molar-refractivity contribution >= 4 is 16.8 Å². The van der Waals surface area contributed by atoms with Gasteiger partial charge in [0.15, 0.2) is 12.2 Å². The van der Waals surface area contributed by atoms with Crippen LogP contribution in [0.2, 0.25) is 0 Å². The summed E-state index contributed by atoms with van der Waals surface area (Å²) in [6.45, 7) is 0.482. The molecule has 32 heavy (non-hydrogen) atoms. The standard InChI is InChI=1S/C25H24FN3O3/c26-19-4-3-6-21-24(19)18(25(31)28-20-5-1-2-7-22(20)30)14-29(21)13-16-8-10-17(11-9-16)23-12-27-15-32-23/h3-4,6,8-12,14-15,20,22,30H,1-2,5,7,13H2,(H,28,31). The molecule has 7 heteroatoms. The first-order valence-corrected chi connectivity index (χ1v) is 10.8. The Morgan fingerprint density at radius 3 is 2.75 bits per heavy atom. The molecule has 1 saturated carbocycles. The van der Waals surface area contributed by atoms with Gasteiger partial charge in [-0.05, 0) is 30.5 Å². The van der Waals surface area contributed by atoms with Gasteiger partial charge in [0.05, 0.1) is 29.4 Å². The van der Waals surface area contributed by atoms with Crippen LogP contribution in [0.3, 0.4) is 0 Å². The Morgan fingerprint density at radius 1 is 1.19 bits per heavy atom. The highest BCUT2D eigenvalue weighted by atomic mass is 19.1. The molecule has 0 spiro atoms. The molecule has 2 unspecified atom stereocenters. The molecule has 2 aromatic heterocycles. The second-order valence-electron chi connectivity index (χ2n) is 8.30. The maximum Gasteiger partial charge on any atom is 0.253 e. The first kappa shape index (κ1) is 20.5. The number of halogens is 1. The summed E-state index contributed by atoms with van der Waals surface area (Å²) in [5, 5.41) is 13.4. The van der Waals surface area contributed by atoms with Crippen molar-refractivity contribution in [2.24, 2.45) is 0 Å². The summed E-state index contributed by atoms with van der Waals surface area (Å²) in [4.78, 5) is 17.0. The largest absolute Gasteiger partial charge is 0.444 e. The van der Waals surface area contributed by atoms with Crippen LogP contribution in [0.4, 0.5) is 4.39 Å². The third-order valence-electron chi connectivity index (χ3n) is 6.17. The maximum absolute atomic E-state index is 14.8. The number of hydrogen-bond donors (Lipinski definition) is 2. The predicted molar refractivity (Wildman–Crippen MR) is 119 cm³/mol. The van der Waals surface area contributed by atoms with E-state index >= 15 is 0 Å². The van der Waals surface area contributed by atoms with Crippen LogP contribution < -0.4 is 5.32 Å². The van der Waals surface area contributed by atoms with Crippen LogP contribution in [0.15, 0.2) is 65.7 Å². The molecule has 1 amide bonds. The Labute approximate surface area is 184 Å². The van der Waals surface area contributed by atoms with Crippen molar-refractivity contribution in [3.8, 4) is 11.3 Å². The van der Waals surface area contributed by atoms with E-state index in [9.17, 15) is 14.3 Å². The highest BCUT2D eigenvalue weighted by molar-refractivity contribution is 6.07. The van der Waals surface area contributed by atoms with E-state index in [0.717, 1.165) is 30.4 Å². The number of hydrogen-bond acceptors (Lipinski definition) is 4. The number of amides is 1. The second-order valence-corrected chi connectivity index (χ2v) is 8.30. The molecule has 0 bridgehead atoms. The summed E-state index contributed by atoms with van der Waals surface area (Å²) < 4.78 is 22.0. The molecule has 5 rings (SSSR count). The van der Waals surface area contributed by atoms with Crippen molar-refractivity contribution in [1.29, 1.82) is 0 Å². The number of benzene rings is 2. The molecule has 4 aromatic rings. The normalized spacial score (nSPS) is 18.7. The van der Waals surface area contributed by atoms with Crippen LogP contribution in [0, 0.1) is 5.82 Å². The van der Waals surface area contributed by atoms with Crippen molar-refractivity contribution in [3.05, 3.63) is 78.2 Å². The maximum atomic E-state index is 14.8. The molecule has 164 valence electrons. The van der Waals surface area contributed by atoms with Gasteiger partial charge in [0.25, 0.3) is 5.91 Å². The minimum Gasteiger partial charge on any atom is -0.444 e. The lowest BCUT2D eigenvalue weighted by molar-refractivity contribution is 0.0718. The molecule has 2 atom stereocenters. The molecule has 1 aliphatic carbocycles. The van der Waals surface area contributed by atoms with Crippen molar-refractivity contribution in [2.45, 2.75) is 44.4 Å². The fourth-order valence-corrected chi connectivity index (χ4v) is 4.47. The van der Waals surface area contributed by atoms with E-state index in [1.165, 1.54) is 12.5 Å². The van der Waals surface area contributed by atoms with E-state index in [0.29, 0.717) is 29.6 Å². The van der Waals surface area contributed by atoms with Crippen molar-refractivity contribution < 1.29 is 18.7 Å². The lowest BCUT2D eigenvalue weighted by atomic mass is 9.92. The van der Waals surface area contributed by atoms with Gasteiger partial charge in [0.1, 0.15) is 5.82 Å². The fraction of sp³-hybridized carbons (Fsp3) is 0.280. The van der Waals surface area contributed by atoms with Gasteiger partial charge in [-0.2, -0.15) is 0 Å². The molecular formula is C25H24FN3O3. The number of carbonyl (C=O) groups excluding carboxylic acids is 1. The van der Waals surface area contributed by atoms with E-state index in [-0.39, 0.29) is 17.5 Å². The number of aromatic nitrogens is 2. The molecule has 0 aliphatic heterocycles. The molecule has 6 nitrogen and oxygen atoms in total. The molecular weight excluding hydrogens is 409 g/mol. The first-order valence-electron chi connectivity index (χ1n) is 10.8. The average Bonchev–Trinajstić information content (AvgIpc) is 3.46. The zero-order chi connectivity index (χ0) is 22.1. The van der Waals surface area contributed by atoms with Gasteiger partial charge in [-0.25, -0.2) is 9.37 Å². The van der Waals surface area contributed by atoms with E-state index < -0.39 is 11.9 Å². The molecule has 2 aromatic carbocycles. The molecule has 0 saturated heterocycles. The van der Waals surface area contributed by atoms with E-state index in [1.807, 2.05) is 34.9 Å². The van der Waals surface area contributed by atoms with E-state index in [4.69, 9.17) is 4.42 Å². The van der Waals surface area contributed by atoms with Crippen LogP contribution in [0.5, 0.6) is 0 Å². The lowest BCUT2D eigenvalue weighted by Crippen LogP contribution is -2.45. The minimum atomic E-state index is -0.561. The van der Waals surface area contributed by atoms with E-state index in [2.05, 4.69) is 10.3 Å². The zero-order valence-corrected chi connectivity index (χ0v) is 17.5.